The molecule has 2 heterocycles. The molecule has 0 saturated heterocycles. The number of anilines is 2. The molecule has 0 amide bonds. The molecule has 0 radical (unpaired) electrons. The van der Waals surface area contributed by atoms with E-state index >= 15 is 0 Å². The Balaban J connectivity index is 2.43. The van der Waals surface area contributed by atoms with Gasteiger partial charge in [-0.05, 0) is 31.8 Å². The maximum Gasteiger partial charge on any atom is 0.149 e. The average molecular weight is 282 g/mol. The Kier molecular flexibility index (Phi) is 4.19. The van der Waals surface area contributed by atoms with Crippen molar-refractivity contribution in [3.63, 3.8) is 0 Å². The minimum absolute atomic E-state index is 0.596. The van der Waals surface area contributed by atoms with Crippen LogP contribution in [0.1, 0.15) is 26.0 Å². The summed E-state index contributed by atoms with van der Waals surface area (Å²) in [7, 11) is 0. The number of hydrogen-bond donors (Lipinski definition) is 1. The molecular weight excluding hydrogens is 264 g/mol. The van der Waals surface area contributed by atoms with E-state index in [1.807, 2.05) is 12.3 Å². The Morgan fingerprint density at radius 3 is 2.72 bits per heavy atom. The maximum absolute atomic E-state index is 6.01. The van der Waals surface area contributed by atoms with Gasteiger partial charge in [0.25, 0.3) is 0 Å². The van der Waals surface area contributed by atoms with E-state index in [0.29, 0.717) is 5.82 Å². The second-order valence-corrected chi connectivity index (χ2v) is 5.73. The minimum atomic E-state index is 0.596. The molecule has 2 aromatic heterocycles. The van der Waals surface area contributed by atoms with Crippen LogP contribution in [0.4, 0.5) is 10.8 Å². The molecule has 0 fully saturated rings. The molecule has 0 atom stereocenters. The Hall–Kier alpha value is -1.14. The highest BCUT2D eigenvalue weighted by molar-refractivity contribution is 7.15. The zero-order valence-corrected chi connectivity index (χ0v) is 12.6. The first-order chi connectivity index (χ1) is 8.67. The summed E-state index contributed by atoms with van der Waals surface area (Å²) in [6.45, 7) is 8.32. The highest BCUT2D eigenvalue weighted by Gasteiger charge is 2.20. The second-order valence-electron chi connectivity index (χ2n) is 4.12. The topological polar surface area (TPSA) is 55.0 Å². The van der Waals surface area contributed by atoms with Gasteiger partial charge in [-0.15, -0.1) is 11.3 Å². The highest BCUT2D eigenvalue weighted by Crippen LogP contribution is 2.40. The fourth-order valence-electron chi connectivity index (χ4n) is 1.85. The first-order valence-corrected chi connectivity index (χ1v) is 7.75. The number of nitrogens with two attached hydrogens (primary N) is 1. The van der Waals surface area contributed by atoms with Crippen LogP contribution < -0.4 is 10.6 Å². The Morgan fingerprint density at radius 1 is 1.39 bits per heavy atom. The molecule has 2 N–H and O–H groups in total. The number of aryl methyl sites for hydroxylation is 1. The van der Waals surface area contributed by atoms with E-state index < -0.39 is 0 Å². The van der Waals surface area contributed by atoms with E-state index in [4.69, 9.17) is 5.73 Å². The molecule has 2 rings (SSSR count). The van der Waals surface area contributed by atoms with E-state index in [-0.39, 0.29) is 0 Å². The standard InChI is InChI=1S/C12H18N4S2/c1-4-6-16(5-2)12-9(10(13)15-18-12)11-14-8(3)7-17-11/h7H,4-6H2,1-3H3,(H2,13,15). The van der Waals surface area contributed by atoms with Crippen LogP contribution in [0, 0.1) is 6.92 Å². The molecule has 0 saturated carbocycles. The zero-order chi connectivity index (χ0) is 13.1. The van der Waals surface area contributed by atoms with Gasteiger partial charge < -0.3 is 10.6 Å². The van der Waals surface area contributed by atoms with Crippen LogP contribution in [-0.4, -0.2) is 22.4 Å². The predicted molar refractivity (Wildman–Crippen MR) is 80.5 cm³/mol. The summed E-state index contributed by atoms with van der Waals surface area (Å²) in [5, 5.41) is 4.17. The van der Waals surface area contributed by atoms with Gasteiger partial charge in [0.15, 0.2) is 0 Å². The van der Waals surface area contributed by atoms with Crippen molar-refractivity contribution in [1.29, 1.82) is 0 Å². The van der Waals surface area contributed by atoms with Crippen molar-refractivity contribution >= 4 is 33.7 Å². The van der Waals surface area contributed by atoms with Gasteiger partial charge in [0.2, 0.25) is 0 Å². The SMILES string of the molecule is CCCN(CC)c1snc(N)c1-c1nc(C)cs1. The van der Waals surface area contributed by atoms with E-state index in [1.165, 1.54) is 11.5 Å². The number of aromatic nitrogens is 2. The van der Waals surface area contributed by atoms with E-state index in [0.717, 1.165) is 40.8 Å². The molecule has 0 aromatic carbocycles. The third kappa shape index (κ3) is 2.49. The van der Waals surface area contributed by atoms with Gasteiger partial charge in [0.1, 0.15) is 15.8 Å². The normalized spacial score (nSPS) is 10.8. The molecular formula is C12H18N4S2. The van der Waals surface area contributed by atoms with Crippen LogP contribution in [0.15, 0.2) is 5.38 Å². The maximum atomic E-state index is 6.01. The monoisotopic (exact) mass is 282 g/mol. The molecule has 2 aromatic rings. The van der Waals surface area contributed by atoms with E-state index in [2.05, 4.69) is 28.1 Å². The summed E-state index contributed by atoms with van der Waals surface area (Å²) >= 11 is 3.10. The predicted octanol–water partition coefficient (Wildman–Crippen LogP) is 3.39. The largest absolute Gasteiger partial charge is 0.382 e. The molecule has 0 aliphatic rings. The first kappa shape index (κ1) is 13.3. The van der Waals surface area contributed by atoms with Gasteiger partial charge in [0, 0.05) is 24.2 Å². The number of nitrogens with zero attached hydrogens (tertiary/aromatic N) is 3. The zero-order valence-electron chi connectivity index (χ0n) is 10.9. The van der Waals surface area contributed by atoms with Gasteiger partial charge in [-0.2, -0.15) is 4.37 Å². The lowest BCUT2D eigenvalue weighted by molar-refractivity contribution is 0.799. The molecule has 98 valence electrons. The van der Waals surface area contributed by atoms with Crippen molar-refractivity contribution in [1.82, 2.24) is 9.36 Å². The van der Waals surface area contributed by atoms with Gasteiger partial charge in [-0.1, -0.05) is 6.92 Å². The quantitative estimate of drug-likeness (QED) is 0.913. The van der Waals surface area contributed by atoms with Crippen LogP contribution in [0.3, 0.4) is 0 Å². The molecule has 0 aliphatic carbocycles. The van der Waals surface area contributed by atoms with E-state index in [1.54, 1.807) is 11.3 Å². The molecule has 0 spiro atoms. The van der Waals surface area contributed by atoms with Crippen molar-refractivity contribution in [3.05, 3.63) is 11.1 Å². The van der Waals surface area contributed by atoms with Crippen molar-refractivity contribution in [2.45, 2.75) is 27.2 Å². The summed E-state index contributed by atoms with van der Waals surface area (Å²) in [5.41, 5.74) is 8.05. The van der Waals surface area contributed by atoms with Crippen LogP contribution in [0.5, 0.6) is 0 Å². The summed E-state index contributed by atoms with van der Waals surface area (Å²) in [4.78, 5) is 6.85. The fraction of sp³-hybridized carbons (Fsp3) is 0.500. The third-order valence-corrected chi connectivity index (χ3v) is 4.60. The summed E-state index contributed by atoms with van der Waals surface area (Å²) in [5.74, 6) is 0.596. The molecule has 6 heteroatoms. The van der Waals surface area contributed by atoms with Crippen LogP contribution in [0.2, 0.25) is 0 Å². The summed E-state index contributed by atoms with van der Waals surface area (Å²) < 4.78 is 4.30. The van der Waals surface area contributed by atoms with Gasteiger partial charge in [-0.3, -0.25) is 0 Å². The number of thiazole rings is 1. The fourth-order valence-corrected chi connectivity index (χ4v) is 3.67. The lowest BCUT2D eigenvalue weighted by Gasteiger charge is -2.20. The Morgan fingerprint density at radius 2 is 2.17 bits per heavy atom. The number of rotatable bonds is 5. The lowest BCUT2D eigenvalue weighted by Crippen LogP contribution is -2.22. The summed E-state index contributed by atoms with van der Waals surface area (Å²) in [6.07, 6.45) is 1.11. The van der Waals surface area contributed by atoms with Gasteiger partial charge >= 0.3 is 0 Å². The van der Waals surface area contributed by atoms with Crippen molar-refractivity contribution in [3.8, 4) is 10.6 Å². The van der Waals surface area contributed by atoms with Crippen LogP contribution in [0.25, 0.3) is 10.6 Å². The average Bonchev–Trinajstić information content (AvgIpc) is 2.92. The van der Waals surface area contributed by atoms with Crippen LogP contribution in [-0.2, 0) is 0 Å². The molecule has 0 aliphatic heterocycles. The van der Waals surface area contributed by atoms with Gasteiger partial charge in [-0.25, -0.2) is 4.98 Å². The lowest BCUT2D eigenvalue weighted by atomic mass is 10.3. The third-order valence-electron chi connectivity index (χ3n) is 2.70. The Labute approximate surface area is 116 Å². The van der Waals surface area contributed by atoms with Crippen LogP contribution >= 0.6 is 22.9 Å². The number of nitrogen functional groups attached to an aromatic ring is 1. The molecule has 0 bridgehead atoms. The molecule has 4 nitrogen and oxygen atoms in total. The van der Waals surface area contributed by atoms with E-state index in [9.17, 15) is 0 Å². The smallest absolute Gasteiger partial charge is 0.149 e. The van der Waals surface area contributed by atoms with Gasteiger partial charge in [0.05, 0.1) is 5.56 Å². The molecule has 0 unspecified atom stereocenters. The minimum Gasteiger partial charge on any atom is -0.382 e. The molecule has 18 heavy (non-hydrogen) atoms. The highest BCUT2D eigenvalue weighted by atomic mass is 32.1. The Bertz CT molecular complexity index is 518. The first-order valence-electron chi connectivity index (χ1n) is 6.09. The van der Waals surface area contributed by atoms with Crippen molar-refractivity contribution in [2.24, 2.45) is 0 Å². The number of hydrogen-bond acceptors (Lipinski definition) is 6. The van der Waals surface area contributed by atoms with Crippen molar-refractivity contribution in [2.75, 3.05) is 23.7 Å². The van der Waals surface area contributed by atoms with Crippen molar-refractivity contribution < 1.29 is 0 Å². The summed E-state index contributed by atoms with van der Waals surface area (Å²) in [6, 6.07) is 0. The second kappa shape index (κ2) is 5.67.